The van der Waals surface area contributed by atoms with Crippen LogP contribution in [0.15, 0.2) is 18.2 Å². The van der Waals surface area contributed by atoms with Gasteiger partial charge in [0.05, 0.1) is 6.04 Å². The zero-order valence-corrected chi connectivity index (χ0v) is 11.7. The average Bonchev–Trinajstić information content (AvgIpc) is 2.56. The van der Waals surface area contributed by atoms with E-state index >= 15 is 0 Å². The summed E-state index contributed by atoms with van der Waals surface area (Å²) in [5.74, 6) is 0.0744. The Morgan fingerprint density at radius 3 is 2.56 bits per heavy atom. The Kier molecular flexibility index (Phi) is 4.15. The molecule has 1 aromatic rings. The third-order valence-electron chi connectivity index (χ3n) is 3.23. The minimum atomic E-state index is -0.249. The summed E-state index contributed by atoms with van der Waals surface area (Å²) in [4.78, 5) is 13.7. The van der Waals surface area contributed by atoms with Gasteiger partial charge in [-0.05, 0) is 18.6 Å². The summed E-state index contributed by atoms with van der Waals surface area (Å²) in [7, 11) is 0. The van der Waals surface area contributed by atoms with Crippen LogP contribution in [0.5, 0.6) is 0 Å². The van der Waals surface area contributed by atoms with Gasteiger partial charge in [0.2, 0.25) is 5.91 Å². The lowest BCUT2D eigenvalue weighted by Gasteiger charge is -2.28. The second kappa shape index (κ2) is 5.47. The average molecular weight is 287 g/mol. The largest absolute Gasteiger partial charge is 0.334 e. The molecule has 18 heavy (non-hydrogen) atoms. The third-order valence-corrected chi connectivity index (χ3v) is 3.89. The van der Waals surface area contributed by atoms with Crippen molar-refractivity contribution in [3.63, 3.8) is 0 Å². The van der Waals surface area contributed by atoms with Crippen LogP contribution in [0.3, 0.4) is 0 Å². The smallest absolute Gasteiger partial charge is 0.224 e. The lowest BCUT2D eigenvalue weighted by Crippen LogP contribution is -2.34. The van der Waals surface area contributed by atoms with Gasteiger partial charge in [0.1, 0.15) is 0 Å². The van der Waals surface area contributed by atoms with Crippen LogP contribution in [0.25, 0.3) is 0 Å². The van der Waals surface area contributed by atoms with Crippen molar-refractivity contribution in [2.45, 2.75) is 31.8 Å². The van der Waals surface area contributed by atoms with Crippen molar-refractivity contribution in [3.05, 3.63) is 33.8 Å². The van der Waals surface area contributed by atoms with Gasteiger partial charge in [-0.25, -0.2) is 0 Å². The quantitative estimate of drug-likeness (QED) is 0.929. The molecule has 1 aromatic carbocycles. The van der Waals surface area contributed by atoms with E-state index in [4.69, 9.17) is 28.9 Å². The van der Waals surface area contributed by atoms with E-state index in [0.717, 1.165) is 12.0 Å². The van der Waals surface area contributed by atoms with Gasteiger partial charge in [-0.3, -0.25) is 4.79 Å². The van der Waals surface area contributed by atoms with Crippen LogP contribution in [0, 0.1) is 0 Å². The minimum absolute atomic E-state index is 0.0744. The minimum Gasteiger partial charge on any atom is -0.334 e. The summed E-state index contributed by atoms with van der Waals surface area (Å²) in [6, 6.07) is 4.89. The first-order chi connectivity index (χ1) is 8.56. The molecule has 2 N–H and O–H groups in total. The first kappa shape index (κ1) is 13.7. The van der Waals surface area contributed by atoms with Crippen LogP contribution in [0.1, 0.15) is 31.4 Å². The molecule has 98 valence electrons. The summed E-state index contributed by atoms with van der Waals surface area (Å²) in [5, 5.41) is 1.14. The molecular formula is C13H16Cl2N2O. The number of halogens is 2. The van der Waals surface area contributed by atoms with Crippen molar-refractivity contribution in [1.82, 2.24) is 4.90 Å². The molecule has 0 saturated carbocycles. The van der Waals surface area contributed by atoms with Gasteiger partial charge in [0.15, 0.2) is 0 Å². The number of hydrogen-bond donors (Lipinski definition) is 1. The number of hydrogen-bond acceptors (Lipinski definition) is 2. The van der Waals surface area contributed by atoms with E-state index in [9.17, 15) is 4.79 Å². The van der Waals surface area contributed by atoms with Gasteiger partial charge in [0, 0.05) is 34.6 Å². The van der Waals surface area contributed by atoms with E-state index in [0.29, 0.717) is 23.0 Å². The van der Waals surface area contributed by atoms with Crippen LogP contribution < -0.4 is 5.73 Å². The van der Waals surface area contributed by atoms with Crippen molar-refractivity contribution in [3.8, 4) is 0 Å². The Bertz CT molecular complexity index is 444. The van der Waals surface area contributed by atoms with E-state index < -0.39 is 0 Å². The van der Waals surface area contributed by atoms with E-state index in [-0.39, 0.29) is 18.0 Å². The monoisotopic (exact) mass is 286 g/mol. The highest BCUT2D eigenvalue weighted by Gasteiger charge is 2.39. The maximum atomic E-state index is 11.9. The molecule has 2 rings (SSSR count). The number of nitrogens with two attached hydrogens (primary N) is 1. The fourth-order valence-corrected chi connectivity index (χ4v) is 3.11. The van der Waals surface area contributed by atoms with E-state index in [1.54, 1.807) is 23.1 Å². The number of rotatable bonds is 3. The van der Waals surface area contributed by atoms with Crippen LogP contribution in [0.2, 0.25) is 10.0 Å². The van der Waals surface area contributed by atoms with Crippen molar-refractivity contribution in [1.29, 1.82) is 0 Å². The standard InChI is InChI=1S/C13H16Cl2N2O/c1-2-6-17-11(18)7-10(16)13(17)12-8(14)4-3-5-9(12)15/h3-5,10,13H,2,6-7,16H2,1H3. The van der Waals surface area contributed by atoms with Gasteiger partial charge in [0.25, 0.3) is 0 Å². The number of benzene rings is 1. The van der Waals surface area contributed by atoms with Crippen molar-refractivity contribution < 1.29 is 4.79 Å². The number of nitrogens with zero attached hydrogens (tertiary/aromatic N) is 1. The third kappa shape index (κ3) is 2.35. The summed E-state index contributed by atoms with van der Waals surface area (Å²) in [5.41, 5.74) is 6.85. The molecular weight excluding hydrogens is 271 g/mol. The van der Waals surface area contributed by atoms with Gasteiger partial charge in [-0.2, -0.15) is 0 Å². The first-order valence-corrected chi connectivity index (χ1v) is 6.80. The fraction of sp³-hybridized carbons (Fsp3) is 0.462. The molecule has 1 saturated heterocycles. The molecule has 0 spiro atoms. The Morgan fingerprint density at radius 1 is 1.39 bits per heavy atom. The molecule has 5 heteroatoms. The molecule has 3 nitrogen and oxygen atoms in total. The number of amides is 1. The highest BCUT2D eigenvalue weighted by Crippen LogP contribution is 2.39. The Hall–Kier alpha value is -0.770. The summed E-state index contributed by atoms with van der Waals surface area (Å²) < 4.78 is 0. The maximum absolute atomic E-state index is 11.9. The first-order valence-electron chi connectivity index (χ1n) is 6.05. The lowest BCUT2D eigenvalue weighted by atomic mass is 10.0. The molecule has 0 radical (unpaired) electrons. The summed E-state index contributed by atoms with van der Waals surface area (Å²) >= 11 is 12.4. The number of carbonyl (C=O) groups excluding carboxylic acids is 1. The molecule has 1 fully saturated rings. The SMILES string of the molecule is CCCN1C(=O)CC(N)C1c1c(Cl)cccc1Cl. The molecule has 1 aliphatic rings. The van der Waals surface area contributed by atoms with Crippen molar-refractivity contribution >= 4 is 29.1 Å². The predicted molar refractivity (Wildman–Crippen MR) is 73.8 cm³/mol. The second-order valence-electron chi connectivity index (χ2n) is 4.54. The Labute approximate surface area is 117 Å². The van der Waals surface area contributed by atoms with Gasteiger partial charge < -0.3 is 10.6 Å². The molecule has 0 aliphatic carbocycles. The second-order valence-corrected chi connectivity index (χ2v) is 5.35. The Balaban J connectivity index is 2.43. The Morgan fingerprint density at radius 2 is 2.00 bits per heavy atom. The van der Waals surface area contributed by atoms with E-state index in [2.05, 4.69) is 0 Å². The molecule has 1 heterocycles. The lowest BCUT2D eigenvalue weighted by molar-refractivity contribution is -0.129. The van der Waals surface area contributed by atoms with Crippen LogP contribution in [-0.2, 0) is 4.79 Å². The van der Waals surface area contributed by atoms with Crippen LogP contribution in [-0.4, -0.2) is 23.4 Å². The number of likely N-dealkylation sites (tertiary alicyclic amines) is 1. The van der Waals surface area contributed by atoms with Crippen LogP contribution >= 0.6 is 23.2 Å². The van der Waals surface area contributed by atoms with E-state index in [1.807, 2.05) is 6.92 Å². The van der Waals surface area contributed by atoms with Crippen LogP contribution in [0.4, 0.5) is 0 Å². The zero-order valence-electron chi connectivity index (χ0n) is 10.2. The number of carbonyl (C=O) groups is 1. The normalized spacial score (nSPS) is 23.8. The molecule has 1 aliphatic heterocycles. The van der Waals surface area contributed by atoms with Crippen molar-refractivity contribution in [2.24, 2.45) is 5.73 Å². The molecule has 1 amide bonds. The molecule has 0 aromatic heterocycles. The molecule has 2 unspecified atom stereocenters. The fourth-order valence-electron chi connectivity index (χ4n) is 2.48. The summed E-state index contributed by atoms with van der Waals surface area (Å²) in [6.07, 6.45) is 1.24. The van der Waals surface area contributed by atoms with E-state index in [1.165, 1.54) is 0 Å². The molecule has 2 atom stereocenters. The van der Waals surface area contributed by atoms with Crippen molar-refractivity contribution in [2.75, 3.05) is 6.54 Å². The summed E-state index contributed by atoms with van der Waals surface area (Å²) in [6.45, 7) is 2.71. The maximum Gasteiger partial charge on any atom is 0.224 e. The highest BCUT2D eigenvalue weighted by atomic mass is 35.5. The zero-order chi connectivity index (χ0) is 13.3. The van der Waals surface area contributed by atoms with Gasteiger partial charge in [-0.15, -0.1) is 0 Å². The van der Waals surface area contributed by atoms with Gasteiger partial charge in [-0.1, -0.05) is 36.2 Å². The van der Waals surface area contributed by atoms with Gasteiger partial charge >= 0.3 is 0 Å². The topological polar surface area (TPSA) is 46.3 Å². The molecule has 0 bridgehead atoms. The highest BCUT2D eigenvalue weighted by molar-refractivity contribution is 6.36. The predicted octanol–water partition coefficient (Wildman–Crippen LogP) is 3.00.